The van der Waals surface area contributed by atoms with Crippen molar-refractivity contribution in [3.8, 4) is 11.3 Å². The van der Waals surface area contributed by atoms with Gasteiger partial charge in [-0.05, 0) is 26.0 Å². The van der Waals surface area contributed by atoms with Gasteiger partial charge >= 0.3 is 0 Å². The van der Waals surface area contributed by atoms with Crippen LogP contribution in [0.4, 0.5) is 0 Å². The molecule has 0 atom stereocenters. The van der Waals surface area contributed by atoms with E-state index in [0.717, 1.165) is 5.56 Å². The van der Waals surface area contributed by atoms with Crippen LogP contribution in [0.15, 0.2) is 35.4 Å². The summed E-state index contributed by atoms with van der Waals surface area (Å²) in [6.45, 7) is 3.52. The maximum Gasteiger partial charge on any atom is 0.257 e. The summed E-state index contributed by atoms with van der Waals surface area (Å²) in [5.74, 6) is 0. The van der Waals surface area contributed by atoms with E-state index in [9.17, 15) is 8.42 Å². The van der Waals surface area contributed by atoms with Crippen molar-refractivity contribution in [1.82, 2.24) is 14.9 Å². The first-order valence-corrected chi connectivity index (χ1v) is 7.58. The Morgan fingerprint density at radius 1 is 1.26 bits per heavy atom. The highest BCUT2D eigenvalue weighted by atomic mass is 35.5. The number of hydrogen-bond donors (Lipinski definition) is 2. The third kappa shape index (κ3) is 3.34. The van der Waals surface area contributed by atoms with Crippen LogP contribution in [0, 0.1) is 0 Å². The molecule has 0 aliphatic carbocycles. The van der Waals surface area contributed by atoms with E-state index in [2.05, 4.69) is 14.9 Å². The number of nitrogens with one attached hydrogen (secondary N) is 2. The topological polar surface area (TPSA) is 74.8 Å². The van der Waals surface area contributed by atoms with Crippen LogP contribution in [0.25, 0.3) is 11.3 Å². The molecule has 0 aliphatic heterocycles. The van der Waals surface area contributed by atoms with Gasteiger partial charge in [0.15, 0.2) is 5.03 Å². The molecule has 102 valence electrons. The lowest BCUT2D eigenvalue weighted by Crippen LogP contribution is -2.30. The molecule has 2 aromatic rings. The van der Waals surface area contributed by atoms with Crippen molar-refractivity contribution in [3.63, 3.8) is 0 Å². The van der Waals surface area contributed by atoms with Crippen molar-refractivity contribution in [1.29, 1.82) is 0 Å². The van der Waals surface area contributed by atoms with E-state index in [4.69, 9.17) is 11.6 Å². The Hall–Kier alpha value is -1.37. The van der Waals surface area contributed by atoms with Crippen molar-refractivity contribution in [2.45, 2.75) is 24.9 Å². The van der Waals surface area contributed by atoms with Gasteiger partial charge in [0.05, 0.1) is 5.69 Å². The van der Waals surface area contributed by atoms with Crippen molar-refractivity contribution in [2.24, 2.45) is 0 Å². The maximum absolute atomic E-state index is 11.9. The van der Waals surface area contributed by atoms with E-state index in [0.29, 0.717) is 10.7 Å². The summed E-state index contributed by atoms with van der Waals surface area (Å²) in [6, 6.07) is 8.34. The molecule has 1 aromatic carbocycles. The third-order valence-corrected chi connectivity index (χ3v) is 4.20. The van der Waals surface area contributed by atoms with Gasteiger partial charge in [-0.25, -0.2) is 13.1 Å². The lowest BCUT2D eigenvalue weighted by atomic mass is 10.2. The number of rotatable bonds is 4. The van der Waals surface area contributed by atoms with Crippen molar-refractivity contribution < 1.29 is 8.42 Å². The molecule has 0 saturated heterocycles. The Morgan fingerprint density at radius 3 is 2.47 bits per heavy atom. The van der Waals surface area contributed by atoms with Gasteiger partial charge in [0.1, 0.15) is 0 Å². The van der Waals surface area contributed by atoms with Crippen LogP contribution in [-0.4, -0.2) is 24.7 Å². The largest absolute Gasteiger partial charge is 0.266 e. The Kier molecular flexibility index (Phi) is 3.93. The van der Waals surface area contributed by atoms with E-state index in [1.165, 1.54) is 6.07 Å². The first-order chi connectivity index (χ1) is 8.88. The fourth-order valence-corrected chi connectivity index (χ4v) is 2.89. The zero-order valence-corrected chi connectivity index (χ0v) is 12.1. The molecular formula is C12H14ClN3O2S. The lowest BCUT2D eigenvalue weighted by Gasteiger charge is -2.06. The Morgan fingerprint density at radius 2 is 1.89 bits per heavy atom. The number of benzene rings is 1. The normalized spacial score (nSPS) is 12.0. The quantitative estimate of drug-likeness (QED) is 0.910. The first kappa shape index (κ1) is 14.0. The molecule has 0 radical (unpaired) electrons. The number of aromatic amines is 1. The SMILES string of the molecule is CC(C)NS(=O)(=O)c1cc(-c2ccc(Cl)cc2)n[nH]1. The Bertz CT molecular complexity index is 663. The van der Waals surface area contributed by atoms with E-state index >= 15 is 0 Å². The predicted molar refractivity (Wildman–Crippen MR) is 74.5 cm³/mol. The van der Waals surface area contributed by atoms with Gasteiger partial charge in [-0.1, -0.05) is 23.7 Å². The molecule has 0 amide bonds. The van der Waals surface area contributed by atoms with Crippen LogP contribution in [0.2, 0.25) is 5.02 Å². The summed E-state index contributed by atoms with van der Waals surface area (Å²) in [4.78, 5) is 0. The molecule has 0 bridgehead atoms. The monoisotopic (exact) mass is 299 g/mol. The summed E-state index contributed by atoms with van der Waals surface area (Å²) >= 11 is 5.80. The van der Waals surface area contributed by atoms with Crippen LogP contribution >= 0.6 is 11.6 Å². The van der Waals surface area contributed by atoms with Gasteiger partial charge in [-0.15, -0.1) is 0 Å². The second-order valence-corrected chi connectivity index (χ2v) is 6.52. The predicted octanol–water partition coefficient (Wildman–Crippen LogP) is 2.42. The molecule has 0 fully saturated rings. The average Bonchev–Trinajstić information content (AvgIpc) is 2.78. The summed E-state index contributed by atoms with van der Waals surface area (Å²) in [5.41, 5.74) is 1.35. The molecular weight excluding hydrogens is 286 g/mol. The lowest BCUT2D eigenvalue weighted by molar-refractivity contribution is 0.565. The molecule has 2 rings (SSSR count). The highest BCUT2D eigenvalue weighted by molar-refractivity contribution is 7.89. The minimum atomic E-state index is -3.55. The van der Waals surface area contributed by atoms with Crippen LogP contribution in [0.1, 0.15) is 13.8 Å². The van der Waals surface area contributed by atoms with E-state index in [1.54, 1.807) is 38.1 Å². The summed E-state index contributed by atoms with van der Waals surface area (Å²) in [6.07, 6.45) is 0. The zero-order valence-electron chi connectivity index (χ0n) is 10.5. The highest BCUT2D eigenvalue weighted by Gasteiger charge is 2.18. The fourth-order valence-electron chi connectivity index (χ4n) is 1.58. The van der Waals surface area contributed by atoms with Crippen molar-refractivity contribution in [2.75, 3.05) is 0 Å². The van der Waals surface area contributed by atoms with E-state index in [1.807, 2.05) is 0 Å². The number of aromatic nitrogens is 2. The molecule has 2 N–H and O–H groups in total. The number of H-pyrrole nitrogens is 1. The van der Waals surface area contributed by atoms with Gasteiger partial charge in [-0.3, -0.25) is 5.10 Å². The van der Waals surface area contributed by atoms with Crippen LogP contribution < -0.4 is 4.72 Å². The smallest absolute Gasteiger partial charge is 0.257 e. The van der Waals surface area contributed by atoms with Crippen molar-refractivity contribution in [3.05, 3.63) is 35.4 Å². The van der Waals surface area contributed by atoms with E-state index < -0.39 is 10.0 Å². The molecule has 0 aliphatic rings. The van der Waals surface area contributed by atoms with E-state index in [-0.39, 0.29) is 11.1 Å². The first-order valence-electron chi connectivity index (χ1n) is 5.72. The summed E-state index contributed by atoms with van der Waals surface area (Å²) in [5, 5.41) is 7.20. The van der Waals surface area contributed by atoms with Gasteiger partial charge in [0.2, 0.25) is 0 Å². The second-order valence-electron chi connectivity index (χ2n) is 4.40. The number of hydrogen-bond acceptors (Lipinski definition) is 3. The summed E-state index contributed by atoms with van der Waals surface area (Å²) < 4.78 is 26.4. The molecule has 0 saturated carbocycles. The van der Waals surface area contributed by atoms with Gasteiger partial charge in [0.25, 0.3) is 10.0 Å². The van der Waals surface area contributed by atoms with Crippen molar-refractivity contribution >= 4 is 21.6 Å². The molecule has 5 nitrogen and oxygen atoms in total. The molecule has 1 heterocycles. The highest BCUT2D eigenvalue weighted by Crippen LogP contribution is 2.21. The molecule has 19 heavy (non-hydrogen) atoms. The average molecular weight is 300 g/mol. The Balaban J connectivity index is 2.31. The maximum atomic E-state index is 11.9. The third-order valence-electron chi connectivity index (χ3n) is 2.37. The number of halogens is 1. The van der Waals surface area contributed by atoms with Crippen LogP contribution in [0.5, 0.6) is 0 Å². The molecule has 7 heteroatoms. The van der Waals surface area contributed by atoms with Gasteiger partial charge in [-0.2, -0.15) is 5.10 Å². The van der Waals surface area contributed by atoms with Gasteiger partial charge in [0, 0.05) is 22.7 Å². The number of nitrogens with zero attached hydrogens (tertiary/aromatic N) is 1. The van der Waals surface area contributed by atoms with Crippen LogP contribution in [0.3, 0.4) is 0 Å². The Labute approximate surface area is 117 Å². The van der Waals surface area contributed by atoms with Crippen LogP contribution in [-0.2, 0) is 10.0 Å². The summed E-state index contributed by atoms with van der Waals surface area (Å²) in [7, 11) is -3.55. The fraction of sp³-hybridized carbons (Fsp3) is 0.250. The van der Waals surface area contributed by atoms with Gasteiger partial charge < -0.3 is 0 Å². The minimum absolute atomic E-state index is 0.0474. The molecule has 0 spiro atoms. The molecule has 1 aromatic heterocycles. The standard InChI is InChI=1S/C12H14ClN3O2S/c1-8(2)16-19(17,18)12-7-11(14-15-12)9-3-5-10(13)6-4-9/h3-8,16H,1-2H3,(H,14,15). The molecule has 0 unspecified atom stereocenters. The zero-order chi connectivity index (χ0) is 14.0. The minimum Gasteiger partial charge on any atom is -0.266 e. The second kappa shape index (κ2) is 5.32. The number of sulfonamides is 1.